The first kappa shape index (κ1) is 26.0. The quantitative estimate of drug-likeness (QED) is 0.263. The van der Waals surface area contributed by atoms with Crippen molar-refractivity contribution in [1.82, 2.24) is 0 Å². The lowest BCUT2D eigenvalue weighted by Crippen LogP contribution is -2.21. The molecular formula is C31H35NO3. The zero-order valence-corrected chi connectivity index (χ0v) is 21.5. The van der Waals surface area contributed by atoms with Crippen LogP contribution in [0.1, 0.15) is 72.0 Å². The molecule has 3 aromatic rings. The summed E-state index contributed by atoms with van der Waals surface area (Å²) in [6.07, 6.45) is 3.30. The number of aromatic carboxylic acids is 1. The summed E-state index contributed by atoms with van der Waals surface area (Å²) in [6.45, 7) is 13.8. The van der Waals surface area contributed by atoms with Gasteiger partial charge in [-0.25, -0.2) is 4.79 Å². The number of carbonyl (C=O) groups is 2. The monoisotopic (exact) mass is 469 g/mol. The fourth-order valence-corrected chi connectivity index (χ4v) is 4.31. The van der Waals surface area contributed by atoms with E-state index in [2.05, 4.69) is 52.1 Å². The highest BCUT2D eigenvalue weighted by atomic mass is 16.4. The average molecular weight is 470 g/mol. The van der Waals surface area contributed by atoms with Crippen molar-refractivity contribution in [3.8, 4) is 11.1 Å². The van der Waals surface area contributed by atoms with Gasteiger partial charge in [0.2, 0.25) is 0 Å². The van der Waals surface area contributed by atoms with Crippen LogP contribution in [0.15, 0.2) is 66.7 Å². The van der Waals surface area contributed by atoms with Gasteiger partial charge in [-0.15, -0.1) is 0 Å². The number of carbonyl (C=O) groups excluding carboxylic acids is 1. The lowest BCUT2D eigenvalue weighted by Gasteiger charge is -2.30. The Morgan fingerprint density at radius 1 is 1.00 bits per heavy atom. The van der Waals surface area contributed by atoms with Crippen LogP contribution in [-0.2, 0) is 5.41 Å². The van der Waals surface area contributed by atoms with Gasteiger partial charge in [-0.2, -0.15) is 0 Å². The van der Waals surface area contributed by atoms with Gasteiger partial charge in [0.05, 0.1) is 5.56 Å². The highest BCUT2D eigenvalue weighted by Gasteiger charge is 2.27. The predicted octanol–water partition coefficient (Wildman–Crippen LogP) is 7.62. The first-order valence-corrected chi connectivity index (χ1v) is 12.0. The molecule has 0 radical (unpaired) electrons. The Hall–Kier alpha value is -3.66. The van der Waals surface area contributed by atoms with Crippen LogP contribution < -0.4 is 5.32 Å². The molecule has 0 heterocycles. The number of hydrogen-bond donors (Lipinski definition) is 2. The zero-order valence-electron chi connectivity index (χ0n) is 21.5. The molecule has 4 nitrogen and oxygen atoms in total. The van der Waals surface area contributed by atoms with Crippen molar-refractivity contribution in [1.29, 1.82) is 0 Å². The van der Waals surface area contributed by atoms with Crippen molar-refractivity contribution in [3.05, 3.63) is 94.6 Å². The van der Waals surface area contributed by atoms with Gasteiger partial charge < -0.3 is 10.4 Å². The minimum absolute atomic E-state index is 0.0806. The summed E-state index contributed by atoms with van der Waals surface area (Å²) >= 11 is 0. The maximum absolute atomic E-state index is 13.5. The van der Waals surface area contributed by atoms with Crippen LogP contribution in [0.3, 0.4) is 0 Å². The lowest BCUT2D eigenvalue weighted by atomic mass is 9.78. The minimum atomic E-state index is -0.971. The van der Waals surface area contributed by atoms with E-state index >= 15 is 0 Å². The molecule has 182 valence electrons. The lowest BCUT2D eigenvalue weighted by molar-refractivity contribution is 0.0696. The number of benzene rings is 3. The second-order valence-corrected chi connectivity index (χ2v) is 10.4. The molecular weight excluding hydrogens is 434 g/mol. The van der Waals surface area contributed by atoms with Crippen LogP contribution in [0.4, 0.5) is 5.69 Å². The van der Waals surface area contributed by atoms with Crippen molar-refractivity contribution in [2.45, 2.75) is 47.0 Å². The normalized spacial score (nSPS) is 11.7. The molecule has 3 rings (SSSR count). The number of carboxylic acids is 1. The molecule has 2 N–H and O–H groups in total. The number of rotatable bonds is 8. The molecule has 0 aliphatic rings. The van der Waals surface area contributed by atoms with Crippen LogP contribution >= 0.6 is 0 Å². The molecule has 0 aliphatic heterocycles. The molecule has 35 heavy (non-hydrogen) atoms. The Morgan fingerprint density at radius 3 is 2.17 bits per heavy atom. The van der Waals surface area contributed by atoms with Gasteiger partial charge in [-0.05, 0) is 64.8 Å². The number of nitrogens with one attached hydrogen (secondary N) is 1. The Kier molecular flexibility index (Phi) is 7.96. The molecule has 0 saturated heterocycles. The summed E-state index contributed by atoms with van der Waals surface area (Å²) in [5.41, 5.74) is 6.76. The van der Waals surface area contributed by atoms with Crippen molar-refractivity contribution in [3.63, 3.8) is 0 Å². The van der Waals surface area contributed by atoms with Crippen molar-refractivity contribution in [2.75, 3.05) is 11.9 Å². The Bertz CT molecular complexity index is 1230. The third kappa shape index (κ3) is 6.27. The summed E-state index contributed by atoms with van der Waals surface area (Å²) in [6, 6.07) is 18.7. The Morgan fingerprint density at radius 2 is 1.63 bits per heavy atom. The van der Waals surface area contributed by atoms with E-state index in [1.807, 2.05) is 31.2 Å². The summed E-state index contributed by atoms with van der Waals surface area (Å²) in [5.74, 6) is -0.576. The van der Waals surface area contributed by atoms with Crippen molar-refractivity contribution < 1.29 is 14.7 Å². The van der Waals surface area contributed by atoms with E-state index in [0.717, 1.165) is 40.0 Å². The van der Waals surface area contributed by atoms with Crippen LogP contribution in [-0.4, -0.2) is 23.4 Å². The van der Waals surface area contributed by atoms with Gasteiger partial charge in [0, 0.05) is 23.4 Å². The second-order valence-electron chi connectivity index (χ2n) is 10.4. The van der Waals surface area contributed by atoms with E-state index < -0.39 is 5.97 Å². The molecule has 4 heteroatoms. The number of hydrogen-bond acceptors (Lipinski definition) is 3. The number of ketones is 1. The predicted molar refractivity (Wildman–Crippen MR) is 145 cm³/mol. The number of anilines is 1. The van der Waals surface area contributed by atoms with Gasteiger partial charge >= 0.3 is 5.97 Å². The molecule has 0 amide bonds. The molecule has 0 aliphatic carbocycles. The van der Waals surface area contributed by atoms with Crippen molar-refractivity contribution in [2.24, 2.45) is 5.92 Å². The molecule has 0 atom stereocenters. The van der Waals surface area contributed by atoms with Gasteiger partial charge in [0.1, 0.15) is 0 Å². The molecule has 0 aromatic heterocycles. The van der Waals surface area contributed by atoms with Crippen LogP contribution in [0.5, 0.6) is 0 Å². The molecule has 0 spiro atoms. The topological polar surface area (TPSA) is 66.4 Å². The molecule has 0 fully saturated rings. The van der Waals surface area contributed by atoms with Crippen LogP contribution in [0.25, 0.3) is 17.2 Å². The molecule has 0 unspecified atom stereocenters. The summed E-state index contributed by atoms with van der Waals surface area (Å²) in [7, 11) is 0. The van der Waals surface area contributed by atoms with E-state index in [0.29, 0.717) is 11.5 Å². The SMILES string of the molecule is Cc1c(C(=O)/C=C/c2ccc(C(=O)O)cc2)cc(-c2ccccc2)c(NCC(C)C)c1C(C)(C)C. The van der Waals surface area contributed by atoms with Crippen LogP contribution in [0.2, 0.25) is 0 Å². The summed E-state index contributed by atoms with van der Waals surface area (Å²) in [4.78, 5) is 24.5. The fourth-order valence-electron chi connectivity index (χ4n) is 4.31. The first-order chi connectivity index (χ1) is 16.5. The largest absolute Gasteiger partial charge is 0.478 e. The van der Waals surface area contributed by atoms with Gasteiger partial charge in [-0.3, -0.25) is 4.79 Å². The fraction of sp³-hybridized carbons (Fsp3) is 0.290. The number of carboxylic acid groups (broad SMARTS) is 1. The average Bonchev–Trinajstić information content (AvgIpc) is 2.81. The number of allylic oxidation sites excluding steroid dienone is 1. The third-order valence-electron chi connectivity index (χ3n) is 5.96. The summed E-state index contributed by atoms with van der Waals surface area (Å²) in [5, 5.41) is 12.8. The molecule has 0 bridgehead atoms. The van der Waals surface area contributed by atoms with Gasteiger partial charge in [-0.1, -0.05) is 83.2 Å². The Labute approximate surface area is 208 Å². The van der Waals surface area contributed by atoms with E-state index in [9.17, 15) is 9.59 Å². The molecule has 0 saturated carbocycles. The second kappa shape index (κ2) is 10.7. The smallest absolute Gasteiger partial charge is 0.335 e. The van der Waals surface area contributed by atoms with Gasteiger partial charge in [0.25, 0.3) is 0 Å². The summed E-state index contributed by atoms with van der Waals surface area (Å²) < 4.78 is 0. The highest BCUT2D eigenvalue weighted by Crippen LogP contribution is 2.41. The van der Waals surface area contributed by atoms with E-state index in [1.165, 1.54) is 12.1 Å². The van der Waals surface area contributed by atoms with E-state index in [1.54, 1.807) is 24.3 Å². The Balaban J connectivity index is 2.13. The maximum atomic E-state index is 13.5. The molecule has 3 aromatic carbocycles. The minimum Gasteiger partial charge on any atom is -0.478 e. The van der Waals surface area contributed by atoms with E-state index in [-0.39, 0.29) is 16.8 Å². The first-order valence-electron chi connectivity index (χ1n) is 12.0. The maximum Gasteiger partial charge on any atom is 0.335 e. The van der Waals surface area contributed by atoms with Crippen molar-refractivity contribution >= 4 is 23.5 Å². The van der Waals surface area contributed by atoms with E-state index in [4.69, 9.17) is 5.11 Å². The third-order valence-corrected chi connectivity index (χ3v) is 5.96. The van der Waals surface area contributed by atoms with Gasteiger partial charge in [0.15, 0.2) is 5.78 Å². The zero-order chi connectivity index (χ0) is 25.8. The highest BCUT2D eigenvalue weighted by molar-refractivity contribution is 6.09. The standard InChI is InChI=1S/C31H35NO3/c1-20(2)19-32-29-26(23-10-8-7-9-11-23)18-25(21(3)28(29)31(4,5)6)27(33)17-14-22-12-15-24(16-13-22)30(34)35/h7-18,20,32H,19H2,1-6H3,(H,34,35)/b17-14+. The van der Waals surface area contributed by atoms with Crippen LogP contribution in [0, 0.1) is 12.8 Å².